The van der Waals surface area contributed by atoms with Crippen LogP contribution in [-0.4, -0.2) is 4.98 Å². The molecule has 0 spiro atoms. The van der Waals surface area contributed by atoms with E-state index in [0.29, 0.717) is 0 Å². The topological polar surface area (TPSA) is 12.9 Å². The summed E-state index contributed by atoms with van der Waals surface area (Å²) in [7, 11) is 0. The van der Waals surface area contributed by atoms with Gasteiger partial charge in [-0.25, -0.2) is 0 Å². The summed E-state index contributed by atoms with van der Waals surface area (Å²) in [5, 5.41) is 1.37. The molecule has 3 heteroatoms. The molecular weight excluding hydrogens is 199 g/mol. The van der Waals surface area contributed by atoms with Gasteiger partial charge in [0.05, 0.1) is 0 Å². The molecule has 0 amide bonds. The zero-order valence-electron chi connectivity index (χ0n) is 6.08. The zero-order chi connectivity index (χ0) is 6.53. The monoisotopic (exact) mass is 207 g/mol. The van der Waals surface area contributed by atoms with Gasteiger partial charge in [-0.1, -0.05) is 0 Å². The number of aromatic nitrogens is 1. The van der Waals surface area contributed by atoms with Gasteiger partial charge in [-0.05, 0) is 0 Å². The minimum atomic E-state index is -0.401. The van der Waals surface area contributed by atoms with E-state index in [-0.39, 0.29) is 12.4 Å². The molecule has 0 saturated carbocycles. The minimum Gasteiger partial charge on any atom is -0.147 e. The molecule has 0 N–H and O–H groups in total. The summed E-state index contributed by atoms with van der Waals surface area (Å²) >= 11 is -0.401. The summed E-state index contributed by atoms with van der Waals surface area (Å²) in [5.74, 6) is 0. The summed E-state index contributed by atoms with van der Waals surface area (Å²) in [6.45, 7) is 2.24. The first-order valence-electron chi connectivity index (χ1n) is 3.33. The summed E-state index contributed by atoms with van der Waals surface area (Å²) in [6, 6.07) is 6.19. The minimum absolute atomic E-state index is 0. The second-order valence-electron chi connectivity index (χ2n) is 2.07. The Morgan fingerprint density at radius 2 is 2.30 bits per heavy atom. The molecule has 1 nitrogen and oxygen atoms in total. The van der Waals surface area contributed by atoms with Gasteiger partial charge in [-0.3, -0.25) is 0 Å². The molecule has 52 valence electrons. The number of hydrogen-bond donors (Lipinski definition) is 0. The van der Waals surface area contributed by atoms with Crippen molar-refractivity contribution in [2.45, 2.75) is 11.9 Å². The van der Waals surface area contributed by atoms with Gasteiger partial charge in [0, 0.05) is 0 Å². The molecule has 0 aliphatic rings. The van der Waals surface area contributed by atoms with Crippen molar-refractivity contribution in [1.29, 1.82) is 0 Å². The fraction of sp³-hybridized carbons (Fsp3) is 0.286. The van der Waals surface area contributed by atoms with Crippen molar-refractivity contribution in [3.05, 3.63) is 24.4 Å². The SMILES string of the molecule is C[CH2][Zn][c]1ccccn1.Cl. The van der Waals surface area contributed by atoms with Crippen LogP contribution in [0.3, 0.4) is 0 Å². The van der Waals surface area contributed by atoms with E-state index in [2.05, 4.69) is 24.0 Å². The van der Waals surface area contributed by atoms with E-state index in [1.165, 1.54) is 9.30 Å². The Kier molecular flexibility index (Phi) is 5.86. The molecule has 1 aromatic rings. The van der Waals surface area contributed by atoms with E-state index in [4.69, 9.17) is 0 Å². The van der Waals surface area contributed by atoms with Crippen LogP contribution in [0.25, 0.3) is 0 Å². The van der Waals surface area contributed by atoms with Gasteiger partial charge in [0.15, 0.2) is 0 Å². The molecular formula is C7H10ClNZn. The van der Waals surface area contributed by atoms with Crippen molar-refractivity contribution in [2.75, 3.05) is 0 Å². The van der Waals surface area contributed by atoms with Crippen molar-refractivity contribution in [3.63, 3.8) is 0 Å². The van der Waals surface area contributed by atoms with E-state index in [1.54, 1.807) is 0 Å². The molecule has 0 unspecified atom stereocenters. The Morgan fingerprint density at radius 1 is 1.50 bits per heavy atom. The van der Waals surface area contributed by atoms with E-state index in [9.17, 15) is 0 Å². The third-order valence-corrected chi connectivity index (χ3v) is 4.23. The van der Waals surface area contributed by atoms with Crippen LogP contribution in [0.4, 0.5) is 0 Å². The average Bonchev–Trinajstić information content (AvgIpc) is 1.91. The van der Waals surface area contributed by atoms with Crippen molar-refractivity contribution < 1.29 is 17.1 Å². The van der Waals surface area contributed by atoms with Crippen LogP contribution >= 0.6 is 12.4 Å². The van der Waals surface area contributed by atoms with Crippen LogP contribution in [0.1, 0.15) is 6.92 Å². The Bertz CT molecular complexity index is 167. The molecule has 0 aromatic carbocycles. The van der Waals surface area contributed by atoms with E-state index >= 15 is 0 Å². The molecule has 0 fully saturated rings. The van der Waals surface area contributed by atoms with Gasteiger partial charge in [0.25, 0.3) is 0 Å². The van der Waals surface area contributed by atoms with Crippen LogP contribution < -0.4 is 4.29 Å². The number of rotatable bonds is 2. The van der Waals surface area contributed by atoms with E-state index < -0.39 is 17.1 Å². The fourth-order valence-corrected chi connectivity index (χ4v) is 3.00. The Labute approximate surface area is 75.3 Å². The predicted octanol–water partition coefficient (Wildman–Crippen LogP) is 1.65. The molecule has 0 radical (unpaired) electrons. The third kappa shape index (κ3) is 3.29. The van der Waals surface area contributed by atoms with Crippen molar-refractivity contribution in [3.8, 4) is 0 Å². The molecule has 0 atom stereocenters. The van der Waals surface area contributed by atoms with Crippen LogP contribution in [-0.2, 0) is 17.1 Å². The largest absolute Gasteiger partial charge is 0.147 e. The molecule has 0 aliphatic carbocycles. The van der Waals surface area contributed by atoms with Gasteiger partial charge < -0.3 is 0 Å². The fourth-order valence-electron chi connectivity index (χ4n) is 0.802. The Morgan fingerprint density at radius 3 is 2.80 bits per heavy atom. The van der Waals surface area contributed by atoms with E-state index in [1.807, 2.05) is 12.3 Å². The van der Waals surface area contributed by atoms with Gasteiger partial charge in [-0.15, -0.1) is 12.4 Å². The predicted molar refractivity (Wildman–Crippen MR) is 41.6 cm³/mol. The average molecular weight is 209 g/mol. The second kappa shape index (κ2) is 5.82. The van der Waals surface area contributed by atoms with Gasteiger partial charge in [-0.2, -0.15) is 0 Å². The first-order valence-corrected chi connectivity index (χ1v) is 6.91. The number of pyridine rings is 1. The zero-order valence-corrected chi connectivity index (χ0v) is 9.86. The Hall–Kier alpha value is 0.0634. The van der Waals surface area contributed by atoms with E-state index in [0.717, 1.165) is 0 Å². The van der Waals surface area contributed by atoms with Gasteiger partial charge in [0.1, 0.15) is 0 Å². The van der Waals surface area contributed by atoms with Gasteiger partial charge >= 0.3 is 62.7 Å². The normalized spacial score (nSPS) is 7.70. The van der Waals surface area contributed by atoms with Gasteiger partial charge in [0.2, 0.25) is 0 Å². The van der Waals surface area contributed by atoms with Crippen LogP contribution in [0.15, 0.2) is 24.4 Å². The van der Waals surface area contributed by atoms with Crippen LogP contribution in [0.2, 0.25) is 5.02 Å². The maximum Gasteiger partial charge on any atom is -0.147 e. The van der Waals surface area contributed by atoms with Crippen LogP contribution in [0.5, 0.6) is 0 Å². The first kappa shape index (κ1) is 10.1. The second-order valence-corrected chi connectivity index (χ2v) is 6.74. The molecule has 10 heavy (non-hydrogen) atoms. The summed E-state index contributed by atoms with van der Waals surface area (Å²) in [4.78, 5) is 4.25. The maximum atomic E-state index is 4.25. The summed E-state index contributed by atoms with van der Waals surface area (Å²) in [5.41, 5.74) is 0. The molecule has 1 rings (SSSR count). The third-order valence-electron chi connectivity index (χ3n) is 1.23. The summed E-state index contributed by atoms with van der Waals surface area (Å²) < 4.78 is 1.38. The molecule has 0 saturated heterocycles. The molecule has 0 bridgehead atoms. The van der Waals surface area contributed by atoms with Crippen LogP contribution in [0, 0.1) is 0 Å². The number of nitrogens with zero attached hydrogens (tertiary/aromatic N) is 1. The quantitative estimate of drug-likeness (QED) is 0.674. The molecule has 0 aliphatic heterocycles. The standard InChI is InChI=1S/C5H4N.C2H5.ClH.Zn/c1-2-4-6-5-3-1;1-2;;/h1-4H;1H2,2H3;1H;. The maximum absolute atomic E-state index is 4.25. The number of halogens is 1. The number of hydrogen-bond acceptors (Lipinski definition) is 1. The Balaban J connectivity index is 0.000000810. The molecule has 1 aromatic heterocycles. The first-order chi connectivity index (χ1) is 4.43. The summed E-state index contributed by atoms with van der Waals surface area (Å²) in [6.07, 6.45) is 1.89. The van der Waals surface area contributed by atoms with Crippen molar-refractivity contribution in [1.82, 2.24) is 4.98 Å². The smallest absolute Gasteiger partial charge is 0.147 e. The molecule has 1 heterocycles. The van der Waals surface area contributed by atoms with Crippen molar-refractivity contribution >= 4 is 16.7 Å². The van der Waals surface area contributed by atoms with Crippen molar-refractivity contribution in [2.24, 2.45) is 0 Å².